The molecule has 4 heteroatoms. The maximum atomic E-state index is 10.7. The van der Waals surface area contributed by atoms with E-state index in [0.717, 1.165) is 12.2 Å². The van der Waals surface area contributed by atoms with Gasteiger partial charge in [0.15, 0.2) is 0 Å². The highest BCUT2D eigenvalue weighted by molar-refractivity contribution is 5.92. The highest BCUT2D eigenvalue weighted by atomic mass is 16.6. The number of rotatable bonds is 0. The number of hydrogen-bond acceptors (Lipinski definition) is 4. The van der Waals surface area contributed by atoms with Crippen LogP contribution in [0.2, 0.25) is 0 Å². The standard InChI is InChI=1S/C7H8O4.C2H4/c1-5-4-10-6(8)2-3-7(9)11-5;1-2/h2-3,5H,4H2,1H3;1-2H2/b3-2+;. The molecule has 1 unspecified atom stereocenters. The Labute approximate surface area is 76.8 Å². The Bertz CT molecular complexity index is 220. The van der Waals surface area contributed by atoms with Gasteiger partial charge in [-0.1, -0.05) is 0 Å². The predicted molar refractivity (Wildman–Crippen MR) is 46.9 cm³/mol. The molecule has 13 heavy (non-hydrogen) atoms. The first kappa shape index (κ1) is 11.4. The number of carbonyl (C=O) groups is 2. The Balaban J connectivity index is 0.000000671. The maximum Gasteiger partial charge on any atom is 0.331 e. The first-order chi connectivity index (χ1) is 6.18. The highest BCUT2D eigenvalue weighted by Crippen LogP contribution is 1.98. The van der Waals surface area contributed by atoms with Gasteiger partial charge in [0.25, 0.3) is 0 Å². The number of ether oxygens (including phenoxy) is 2. The summed E-state index contributed by atoms with van der Waals surface area (Å²) in [6, 6.07) is 0. The van der Waals surface area contributed by atoms with Crippen LogP contribution in [-0.4, -0.2) is 24.6 Å². The van der Waals surface area contributed by atoms with E-state index in [9.17, 15) is 9.59 Å². The van der Waals surface area contributed by atoms with Crippen molar-refractivity contribution in [1.82, 2.24) is 0 Å². The van der Waals surface area contributed by atoms with E-state index in [1.807, 2.05) is 0 Å². The molecule has 0 saturated carbocycles. The number of hydrogen-bond donors (Lipinski definition) is 0. The number of carbonyl (C=O) groups excluding carboxylic acids is 2. The zero-order valence-electron chi connectivity index (χ0n) is 7.49. The average molecular weight is 184 g/mol. The third kappa shape index (κ3) is 4.79. The Morgan fingerprint density at radius 3 is 2.46 bits per heavy atom. The summed E-state index contributed by atoms with van der Waals surface area (Å²) in [7, 11) is 0. The van der Waals surface area contributed by atoms with Gasteiger partial charge in [0.05, 0.1) is 0 Å². The third-order valence-electron chi connectivity index (χ3n) is 1.13. The van der Waals surface area contributed by atoms with Crippen molar-refractivity contribution >= 4 is 11.9 Å². The molecule has 1 rings (SSSR count). The summed E-state index contributed by atoms with van der Waals surface area (Å²) in [5, 5.41) is 0. The summed E-state index contributed by atoms with van der Waals surface area (Å²) >= 11 is 0. The summed E-state index contributed by atoms with van der Waals surface area (Å²) < 4.78 is 9.38. The van der Waals surface area contributed by atoms with Gasteiger partial charge in [0.2, 0.25) is 0 Å². The monoisotopic (exact) mass is 184 g/mol. The van der Waals surface area contributed by atoms with Crippen LogP contribution in [0.4, 0.5) is 0 Å². The summed E-state index contributed by atoms with van der Waals surface area (Å²) in [6.45, 7) is 7.78. The lowest BCUT2D eigenvalue weighted by atomic mass is 10.4. The van der Waals surface area contributed by atoms with Crippen LogP contribution in [0.15, 0.2) is 25.3 Å². The van der Waals surface area contributed by atoms with Gasteiger partial charge in [-0.15, -0.1) is 13.2 Å². The Hall–Kier alpha value is -1.58. The summed E-state index contributed by atoms with van der Waals surface area (Å²) in [6.07, 6.45) is 1.74. The molecule has 1 aliphatic heterocycles. The second-order valence-electron chi connectivity index (χ2n) is 2.21. The minimum absolute atomic E-state index is 0.120. The normalized spacial score (nSPS) is 23.9. The zero-order chi connectivity index (χ0) is 10.3. The molecule has 72 valence electrons. The fraction of sp³-hybridized carbons (Fsp3) is 0.333. The van der Waals surface area contributed by atoms with E-state index in [-0.39, 0.29) is 12.7 Å². The quantitative estimate of drug-likeness (QED) is 0.413. The summed E-state index contributed by atoms with van der Waals surface area (Å²) in [4.78, 5) is 21.3. The third-order valence-corrected chi connectivity index (χ3v) is 1.13. The Kier molecular flexibility index (Phi) is 5.27. The Morgan fingerprint density at radius 2 is 1.85 bits per heavy atom. The second kappa shape index (κ2) is 5.99. The molecule has 0 fully saturated rings. The molecular formula is C9H12O4. The topological polar surface area (TPSA) is 52.6 Å². The van der Waals surface area contributed by atoms with Crippen LogP contribution in [0.1, 0.15) is 6.92 Å². The number of esters is 2. The van der Waals surface area contributed by atoms with Gasteiger partial charge in [-0.2, -0.15) is 0 Å². The van der Waals surface area contributed by atoms with Crippen LogP contribution in [-0.2, 0) is 19.1 Å². The van der Waals surface area contributed by atoms with Crippen LogP contribution in [0.3, 0.4) is 0 Å². The fourth-order valence-electron chi connectivity index (χ4n) is 0.655. The van der Waals surface area contributed by atoms with Crippen LogP contribution < -0.4 is 0 Å². The fourth-order valence-corrected chi connectivity index (χ4v) is 0.655. The van der Waals surface area contributed by atoms with E-state index >= 15 is 0 Å². The molecule has 4 nitrogen and oxygen atoms in total. The van der Waals surface area contributed by atoms with Gasteiger partial charge >= 0.3 is 11.9 Å². The average Bonchev–Trinajstić information content (AvgIpc) is 2.13. The van der Waals surface area contributed by atoms with Crippen LogP contribution >= 0.6 is 0 Å². The largest absolute Gasteiger partial charge is 0.459 e. The molecule has 1 atom stereocenters. The summed E-state index contributed by atoms with van der Waals surface area (Å²) in [5.41, 5.74) is 0. The summed E-state index contributed by atoms with van der Waals surface area (Å²) in [5.74, 6) is -1.01. The van der Waals surface area contributed by atoms with Gasteiger partial charge in [0, 0.05) is 12.2 Å². The minimum Gasteiger partial charge on any atom is -0.459 e. The molecule has 1 aliphatic rings. The van der Waals surface area contributed by atoms with Crippen molar-refractivity contribution in [2.45, 2.75) is 13.0 Å². The van der Waals surface area contributed by atoms with E-state index in [2.05, 4.69) is 17.9 Å². The molecule has 1 heterocycles. The van der Waals surface area contributed by atoms with Crippen molar-refractivity contribution in [2.75, 3.05) is 6.61 Å². The van der Waals surface area contributed by atoms with Gasteiger partial charge in [-0.05, 0) is 6.92 Å². The molecule has 0 spiro atoms. The molecule has 0 aromatic rings. The lowest BCUT2D eigenvalue weighted by Gasteiger charge is -2.13. The molecule has 0 aromatic carbocycles. The molecule has 0 aliphatic carbocycles. The predicted octanol–water partition coefficient (Wildman–Crippen LogP) is 0.833. The van der Waals surface area contributed by atoms with E-state index in [1.54, 1.807) is 6.92 Å². The van der Waals surface area contributed by atoms with E-state index < -0.39 is 11.9 Å². The van der Waals surface area contributed by atoms with Gasteiger partial charge in [-0.25, -0.2) is 9.59 Å². The van der Waals surface area contributed by atoms with Crippen LogP contribution in [0, 0.1) is 0 Å². The van der Waals surface area contributed by atoms with E-state index in [1.165, 1.54) is 0 Å². The van der Waals surface area contributed by atoms with Gasteiger partial charge in [-0.3, -0.25) is 0 Å². The van der Waals surface area contributed by atoms with Crippen molar-refractivity contribution in [3.63, 3.8) is 0 Å². The molecule has 0 N–H and O–H groups in total. The van der Waals surface area contributed by atoms with Crippen molar-refractivity contribution in [3.8, 4) is 0 Å². The van der Waals surface area contributed by atoms with E-state index in [0.29, 0.717) is 0 Å². The van der Waals surface area contributed by atoms with Crippen molar-refractivity contribution in [3.05, 3.63) is 25.3 Å². The second-order valence-corrected chi connectivity index (χ2v) is 2.21. The van der Waals surface area contributed by atoms with Crippen LogP contribution in [0.25, 0.3) is 0 Å². The SMILES string of the molecule is C=C.CC1COC(=O)/C=C/C(=O)O1. The lowest BCUT2D eigenvalue weighted by Crippen LogP contribution is -2.23. The first-order valence-corrected chi connectivity index (χ1v) is 3.74. The van der Waals surface area contributed by atoms with Crippen molar-refractivity contribution in [2.24, 2.45) is 0 Å². The molecule has 0 aromatic heterocycles. The lowest BCUT2D eigenvalue weighted by molar-refractivity contribution is -0.153. The molecule has 0 bridgehead atoms. The van der Waals surface area contributed by atoms with Gasteiger partial charge < -0.3 is 9.47 Å². The van der Waals surface area contributed by atoms with E-state index in [4.69, 9.17) is 4.74 Å². The minimum atomic E-state index is -0.506. The molecule has 0 saturated heterocycles. The smallest absolute Gasteiger partial charge is 0.331 e. The van der Waals surface area contributed by atoms with Crippen LogP contribution in [0.5, 0.6) is 0 Å². The highest BCUT2D eigenvalue weighted by Gasteiger charge is 2.12. The first-order valence-electron chi connectivity index (χ1n) is 3.74. The van der Waals surface area contributed by atoms with Gasteiger partial charge in [0.1, 0.15) is 12.7 Å². The van der Waals surface area contributed by atoms with Crippen molar-refractivity contribution < 1.29 is 19.1 Å². The molecular weight excluding hydrogens is 172 g/mol. The molecule has 0 radical (unpaired) electrons. The zero-order valence-corrected chi connectivity index (χ0v) is 7.49. The Morgan fingerprint density at radius 1 is 1.31 bits per heavy atom. The molecule has 0 amide bonds. The van der Waals surface area contributed by atoms with Crippen molar-refractivity contribution in [1.29, 1.82) is 0 Å². The number of cyclic esters (lactones) is 2. The maximum absolute atomic E-state index is 10.7.